The van der Waals surface area contributed by atoms with E-state index in [4.69, 9.17) is 15.2 Å². The van der Waals surface area contributed by atoms with Crippen LogP contribution in [-0.2, 0) is 18.3 Å². The summed E-state index contributed by atoms with van der Waals surface area (Å²) in [4.78, 5) is 6.56. The van der Waals surface area contributed by atoms with Crippen molar-refractivity contribution < 1.29 is 13.9 Å². The summed E-state index contributed by atoms with van der Waals surface area (Å²) in [5.74, 6) is 1.33. The number of nitrogens with two attached hydrogens (primary N) is 1. The minimum absolute atomic E-state index is 0.379. The largest absolute Gasteiger partial charge is 0.438 e. The van der Waals surface area contributed by atoms with Crippen LogP contribution >= 0.6 is 0 Å². The molecular formula is C20H22FN5O2. The van der Waals surface area contributed by atoms with Gasteiger partial charge in [-0.25, -0.2) is 9.07 Å². The lowest BCUT2D eigenvalue weighted by Gasteiger charge is -2.26. The molecule has 4 rings (SSSR count). The molecule has 2 N–H and O–H groups in total. The highest BCUT2D eigenvalue weighted by atomic mass is 19.1. The Kier molecular flexibility index (Phi) is 5.23. The molecule has 0 unspecified atom stereocenters. The van der Waals surface area contributed by atoms with Gasteiger partial charge in [0.25, 0.3) is 0 Å². The van der Waals surface area contributed by atoms with Crippen LogP contribution in [0.25, 0.3) is 11.3 Å². The lowest BCUT2D eigenvalue weighted by atomic mass is 10.1. The third-order valence-corrected chi connectivity index (χ3v) is 4.65. The van der Waals surface area contributed by atoms with E-state index < -0.39 is 0 Å². The molecule has 0 amide bonds. The summed E-state index contributed by atoms with van der Waals surface area (Å²) in [6, 6.07) is 10.0. The van der Waals surface area contributed by atoms with Gasteiger partial charge in [0.1, 0.15) is 11.6 Å². The van der Waals surface area contributed by atoms with Crippen molar-refractivity contribution in [3.63, 3.8) is 0 Å². The Labute approximate surface area is 162 Å². The molecule has 2 aromatic heterocycles. The predicted molar refractivity (Wildman–Crippen MR) is 104 cm³/mol. The van der Waals surface area contributed by atoms with Gasteiger partial charge in [-0.1, -0.05) is 6.07 Å². The second-order valence-electron chi connectivity index (χ2n) is 6.56. The van der Waals surface area contributed by atoms with E-state index in [0.29, 0.717) is 42.6 Å². The van der Waals surface area contributed by atoms with Crippen LogP contribution in [0.3, 0.4) is 0 Å². The first-order chi connectivity index (χ1) is 13.6. The van der Waals surface area contributed by atoms with Crippen molar-refractivity contribution in [3.8, 4) is 22.9 Å². The molecule has 1 fully saturated rings. The van der Waals surface area contributed by atoms with Crippen LogP contribution in [-0.4, -0.2) is 41.1 Å². The van der Waals surface area contributed by atoms with E-state index in [1.54, 1.807) is 24.0 Å². The van der Waals surface area contributed by atoms with Gasteiger partial charge in [0.2, 0.25) is 5.88 Å². The molecule has 0 bridgehead atoms. The first kappa shape index (κ1) is 18.4. The van der Waals surface area contributed by atoms with Crippen LogP contribution in [0.5, 0.6) is 11.6 Å². The summed E-state index contributed by atoms with van der Waals surface area (Å²) in [5.41, 5.74) is 7.94. The van der Waals surface area contributed by atoms with Gasteiger partial charge in [-0.3, -0.25) is 4.98 Å². The summed E-state index contributed by atoms with van der Waals surface area (Å²) in [6.07, 6.45) is 1.71. The number of nitrogens with zero attached hydrogens (tertiary/aromatic N) is 4. The van der Waals surface area contributed by atoms with E-state index in [-0.39, 0.29) is 5.82 Å². The quantitative estimate of drug-likeness (QED) is 0.730. The Hall–Kier alpha value is -2.97. The van der Waals surface area contributed by atoms with Crippen LogP contribution in [0.4, 0.5) is 10.2 Å². The number of pyridine rings is 1. The average Bonchev–Trinajstić information content (AvgIpc) is 3.09. The highest BCUT2D eigenvalue weighted by Gasteiger charge is 2.18. The minimum Gasteiger partial charge on any atom is -0.438 e. The van der Waals surface area contributed by atoms with E-state index in [0.717, 1.165) is 24.5 Å². The molecule has 1 aliphatic heterocycles. The smallest absolute Gasteiger partial charge is 0.219 e. The number of aryl methyl sites for hydroxylation is 1. The zero-order valence-corrected chi connectivity index (χ0v) is 15.6. The highest BCUT2D eigenvalue weighted by Crippen LogP contribution is 2.34. The van der Waals surface area contributed by atoms with Crippen molar-refractivity contribution in [2.24, 2.45) is 12.8 Å². The van der Waals surface area contributed by atoms with Crippen LogP contribution in [0.15, 0.2) is 42.6 Å². The fourth-order valence-electron chi connectivity index (χ4n) is 3.09. The number of rotatable bonds is 5. The number of ether oxygens (including phenoxy) is 2. The third kappa shape index (κ3) is 3.83. The van der Waals surface area contributed by atoms with Crippen LogP contribution in [0.2, 0.25) is 0 Å². The maximum absolute atomic E-state index is 13.9. The first-order valence-corrected chi connectivity index (χ1v) is 9.13. The molecule has 0 atom stereocenters. The number of hydrogen-bond donors (Lipinski definition) is 1. The lowest BCUT2D eigenvalue weighted by Crippen LogP contribution is -2.36. The number of benzene rings is 1. The molecule has 28 heavy (non-hydrogen) atoms. The second-order valence-corrected chi connectivity index (χ2v) is 6.56. The number of aromatic nitrogens is 3. The van der Waals surface area contributed by atoms with Gasteiger partial charge in [0.15, 0.2) is 5.82 Å². The zero-order chi connectivity index (χ0) is 19.5. The topological polar surface area (TPSA) is 78.4 Å². The molecule has 146 valence electrons. The van der Waals surface area contributed by atoms with E-state index >= 15 is 0 Å². The maximum Gasteiger partial charge on any atom is 0.219 e. The minimum atomic E-state index is -0.382. The Morgan fingerprint density at radius 1 is 1.18 bits per heavy atom. The van der Waals surface area contributed by atoms with E-state index in [2.05, 4.69) is 15.0 Å². The Balaban J connectivity index is 1.64. The average molecular weight is 383 g/mol. The maximum atomic E-state index is 13.9. The molecule has 1 saturated heterocycles. The Morgan fingerprint density at radius 2 is 2.00 bits per heavy atom. The molecule has 3 heterocycles. The normalized spacial score (nSPS) is 14.3. The number of anilines is 1. The number of halogens is 1. The van der Waals surface area contributed by atoms with E-state index in [1.165, 1.54) is 12.1 Å². The van der Waals surface area contributed by atoms with Crippen molar-refractivity contribution in [2.45, 2.75) is 6.54 Å². The zero-order valence-electron chi connectivity index (χ0n) is 15.6. The molecular weight excluding hydrogens is 361 g/mol. The van der Waals surface area contributed by atoms with Crippen molar-refractivity contribution in [1.82, 2.24) is 14.8 Å². The number of hydrogen-bond acceptors (Lipinski definition) is 6. The Morgan fingerprint density at radius 3 is 2.71 bits per heavy atom. The lowest BCUT2D eigenvalue weighted by molar-refractivity contribution is 0.122. The molecule has 8 heteroatoms. The van der Waals surface area contributed by atoms with Crippen LogP contribution < -0.4 is 15.4 Å². The fraction of sp³-hybridized carbons (Fsp3) is 0.300. The van der Waals surface area contributed by atoms with E-state index in [1.807, 2.05) is 18.2 Å². The van der Waals surface area contributed by atoms with Crippen molar-refractivity contribution in [1.29, 1.82) is 0 Å². The second kappa shape index (κ2) is 7.95. The predicted octanol–water partition coefficient (Wildman–Crippen LogP) is 2.71. The molecule has 0 aliphatic carbocycles. The van der Waals surface area contributed by atoms with Crippen molar-refractivity contribution in [2.75, 3.05) is 31.2 Å². The summed E-state index contributed by atoms with van der Waals surface area (Å²) in [7, 11) is 1.80. The van der Waals surface area contributed by atoms with Gasteiger partial charge >= 0.3 is 0 Å². The van der Waals surface area contributed by atoms with Gasteiger partial charge in [0, 0.05) is 50.6 Å². The highest BCUT2D eigenvalue weighted by molar-refractivity contribution is 5.67. The van der Waals surface area contributed by atoms with Crippen LogP contribution in [0, 0.1) is 5.82 Å². The molecule has 7 nitrogen and oxygen atoms in total. The third-order valence-electron chi connectivity index (χ3n) is 4.65. The van der Waals surface area contributed by atoms with Crippen molar-refractivity contribution >= 4 is 5.82 Å². The van der Waals surface area contributed by atoms with E-state index in [9.17, 15) is 4.39 Å². The molecule has 1 aromatic carbocycles. The standard InChI is InChI=1S/C20H22FN5O2/c1-25-20(11-19(24-25)26-6-8-27-9-7-26)28-18-10-15(21)3-4-16(18)17-5-2-14(12-22)13-23-17/h2-5,10-11,13H,6-9,12,22H2,1H3. The van der Waals surface area contributed by atoms with Crippen LogP contribution in [0.1, 0.15) is 5.56 Å². The van der Waals surface area contributed by atoms with Gasteiger partial charge in [-0.05, 0) is 23.8 Å². The van der Waals surface area contributed by atoms with Gasteiger partial charge in [-0.2, -0.15) is 5.10 Å². The summed E-state index contributed by atoms with van der Waals surface area (Å²) < 4.78 is 27.0. The molecule has 1 aliphatic rings. The fourth-order valence-corrected chi connectivity index (χ4v) is 3.09. The van der Waals surface area contributed by atoms with Gasteiger partial charge in [-0.15, -0.1) is 0 Å². The molecule has 0 radical (unpaired) electrons. The Bertz CT molecular complexity index is 952. The molecule has 0 saturated carbocycles. The van der Waals surface area contributed by atoms with Crippen molar-refractivity contribution in [3.05, 3.63) is 54.0 Å². The SMILES string of the molecule is Cn1nc(N2CCOCC2)cc1Oc1cc(F)ccc1-c1ccc(CN)cn1. The summed E-state index contributed by atoms with van der Waals surface area (Å²) >= 11 is 0. The van der Waals surface area contributed by atoms with Gasteiger partial charge in [0.05, 0.1) is 18.9 Å². The van der Waals surface area contributed by atoms with Gasteiger partial charge < -0.3 is 20.1 Å². The first-order valence-electron chi connectivity index (χ1n) is 9.13. The monoisotopic (exact) mass is 383 g/mol. The number of morpholine rings is 1. The summed E-state index contributed by atoms with van der Waals surface area (Å²) in [5, 5.41) is 4.52. The summed E-state index contributed by atoms with van der Waals surface area (Å²) in [6.45, 7) is 3.31. The molecule has 0 spiro atoms. The molecule has 3 aromatic rings.